The van der Waals surface area contributed by atoms with Crippen molar-refractivity contribution in [2.24, 2.45) is 0 Å². The Kier molecular flexibility index (Phi) is 2.58. The van der Waals surface area contributed by atoms with Crippen LogP contribution in [0.15, 0.2) is 29.2 Å². The molecule has 1 aliphatic heterocycles. The van der Waals surface area contributed by atoms with E-state index in [-0.39, 0.29) is 11.8 Å². The van der Waals surface area contributed by atoms with Crippen LogP contribution < -0.4 is 4.72 Å². The van der Waals surface area contributed by atoms with Crippen LogP contribution in [0, 0.1) is 0 Å². The number of hydrogen-bond donors (Lipinski definition) is 1. The van der Waals surface area contributed by atoms with Crippen LogP contribution in [0.5, 0.6) is 0 Å². The Morgan fingerprint density at radius 1 is 1.57 bits per heavy atom. The summed E-state index contributed by atoms with van der Waals surface area (Å²) in [5, 5.41) is 0. The first-order valence-electron chi connectivity index (χ1n) is 4.45. The average Bonchev–Trinajstić information content (AvgIpc) is 2.44. The van der Waals surface area contributed by atoms with Gasteiger partial charge < -0.3 is 4.55 Å². The molecule has 0 aromatic heterocycles. The molecule has 0 amide bonds. The van der Waals surface area contributed by atoms with Crippen molar-refractivity contribution in [3.05, 3.63) is 29.8 Å². The number of hydrogen-bond acceptors (Lipinski definition) is 3. The number of carbonyl (C=O) groups excluding carboxylic acids is 1. The molecule has 4 heteroatoms. The molecule has 0 spiro atoms. The van der Waals surface area contributed by atoms with E-state index in [4.69, 9.17) is 0 Å². The molecular weight excluding hydrogens is 198 g/mol. The molecule has 0 saturated heterocycles. The lowest BCUT2D eigenvalue weighted by Crippen LogP contribution is -2.21. The molecule has 1 aromatic carbocycles. The molecule has 0 fully saturated rings. The molecule has 2 rings (SSSR count). The van der Waals surface area contributed by atoms with Crippen molar-refractivity contribution < 1.29 is 9.35 Å². The highest BCUT2D eigenvalue weighted by molar-refractivity contribution is 7.89. The van der Waals surface area contributed by atoms with Crippen LogP contribution >= 0.6 is 0 Å². The molecule has 3 nitrogen and oxygen atoms in total. The number of benzene rings is 1. The van der Waals surface area contributed by atoms with Gasteiger partial charge in [-0.1, -0.05) is 18.2 Å². The highest BCUT2D eigenvalue weighted by atomic mass is 32.2. The van der Waals surface area contributed by atoms with Gasteiger partial charge in [0.25, 0.3) is 0 Å². The van der Waals surface area contributed by atoms with Crippen LogP contribution in [0.1, 0.15) is 24.9 Å². The van der Waals surface area contributed by atoms with Gasteiger partial charge >= 0.3 is 0 Å². The maximum absolute atomic E-state index is 11.5. The first kappa shape index (κ1) is 9.71. The van der Waals surface area contributed by atoms with Gasteiger partial charge in [0.1, 0.15) is 5.78 Å². The summed E-state index contributed by atoms with van der Waals surface area (Å²) < 4.78 is 14.4. The maximum atomic E-state index is 11.5. The average molecular weight is 209 g/mol. The lowest BCUT2D eigenvalue weighted by atomic mass is 10.0. The number of carbonyl (C=O) groups is 1. The second kappa shape index (κ2) is 3.73. The van der Waals surface area contributed by atoms with Crippen molar-refractivity contribution in [1.29, 1.82) is 0 Å². The fourth-order valence-electron chi connectivity index (χ4n) is 1.63. The summed E-state index contributed by atoms with van der Waals surface area (Å²) in [6, 6.07) is 7.42. The van der Waals surface area contributed by atoms with Crippen molar-refractivity contribution in [1.82, 2.24) is 4.72 Å². The summed E-state index contributed by atoms with van der Waals surface area (Å²) in [6.07, 6.45) is 0.406. The van der Waals surface area contributed by atoms with Gasteiger partial charge in [-0.05, 0) is 13.0 Å². The van der Waals surface area contributed by atoms with Crippen molar-refractivity contribution in [3.63, 3.8) is 0 Å². The second-order valence-electron chi connectivity index (χ2n) is 3.38. The van der Waals surface area contributed by atoms with E-state index in [1.165, 1.54) is 0 Å². The molecule has 0 aliphatic carbocycles. The van der Waals surface area contributed by atoms with E-state index in [0.29, 0.717) is 6.42 Å². The SMILES string of the molecule is CC(=O)CC1N[S+]([O-])c2ccccc21. The van der Waals surface area contributed by atoms with Crippen molar-refractivity contribution in [2.45, 2.75) is 24.3 Å². The molecule has 1 heterocycles. The minimum absolute atomic E-state index is 0.0791. The van der Waals surface area contributed by atoms with Crippen molar-refractivity contribution in [3.8, 4) is 0 Å². The smallest absolute Gasteiger partial charge is 0.178 e. The van der Waals surface area contributed by atoms with Crippen molar-refractivity contribution >= 4 is 17.1 Å². The number of rotatable bonds is 2. The summed E-state index contributed by atoms with van der Waals surface area (Å²) in [5.41, 5.74) is 0.987. The normalized spacial score (nSPS) is 24.7. The van der Waals surface area contributed by atoms with Crippen LogP contribution in [-0.4, -0.2) is 10.3 Å². The molecule has 2 unspecified atom stereocenters. The molecule has 0 radical (unpaired) electrons. The Labute approximate surface area is 85.8 Å². The Balaban J connectivity index is 2.29. The van der Waals surface area contributed by atoms with E-state index in [0.717, 1.165) is 10.5 Å². The molecule has 74 valence electrons. The van der Waals surface area contributed by atoms with E-state index in [1.54, 1.807) is 6.92 Å². The van der Waals surface area contributed by atoms with E-state index in [2.05, 4.69) is 4.72 Å². The summed E-state index contributed by atoms with van der Waals surface area (Å²) in [7, 11) is 0. The Morgan fingerprint density at radius 3 is 3.00 bits per heavy atom. The third-order valence-corrected chi connectivity index (χ3v) is 3.50. The predicted molar refractivity (Wildman–Crippen MR) is 54.0 cm³/mol. The molecule has 1 aliphatic rings. The van der Waals surface area contributed by atoms with Crippen molar-refractivity contribution in [2.75, 3.05) is 0 Å². The molecule has 0 saturated carbocycles. The third-order valence-electron chi connectivity index (χ3n) is 2.24. The minimum Gasteiger partial charge on any atom is -0.593 e. The van der Waals surface area contributed by atoms with Crippen LogP contribution in [-0.2, 0) is 16.2 Å². The van der Waals surface area contributed by atoms with Gasteiger partial charge in [0, 0.05) is 12.0 Å². The third kappa shape index (κ3) is 1.68. The van der Waals surface area contributed by atoms with Crippen LogP contribution in [0.4, 0.5) is 0 Å². The van der Waals surface area contributed by atoms with Gasteiger partial charge in [0.15, 0.2) is 4.90 Å². The van der Waals surface area contributed by atoms with E-state index in [9.17, 15) is 9.35 Å². The second-order valence-corrected chi connectivity index (χ2v) is 4.60. The standard InChI is InChI=1S/C10H11NO2S/c1-7(12)6-9-8-4-2-3-5-10(8)14(13)11-9/h2-5,9,11H,6H2,1H3. The zero-order valence-electron chi connectivity index (χ0n) is 7.82. The van der Waals surface area contributed by atoms with E-state index >= 15 is 0 Å². The monoisotopic (exact) mass is 209 g/mol. The van der Waals surface area contributed by atoms with Gasteiger partial charge in [-0.3, -0.25) is 4.79 Å². The molecule has 2 atom stereocenters. The van der Waals surface area contributed by atoms with E-state index < -0.39 is 11.4 Å². The topological polar surface area (TPSA) is 52.2 Å². The highest BCUT2D eigenvalue weighted by Gasteiger charge is 2.33. The summed E-state index contributed by atoms with van der Waals surface area (Å²) in [4.78, 5) is 11.8. The van der Waals surface area contributed by atoms with Gasteiger partial charge in [-0.2, -0.15) is 0 Å². The molecule has 1 aromatic rings. The lowest BCUT2D eigenvalue weighted by Gasteiger charge is -2.05. The Morgan fingerprint density at radius 2 is 2.29 bits per heavy atom. The number of fused-ring (bicyclic) bond motifs is 1. The quantitative estimate of drug-likeness (QED) is 0.748. The molecule has 0 bridgehead atoms. The molecule has 1 N–H and O–H groups in total. The lowest BCUT2D eigenvalue weighted by molar-refractivity contribution is -0.117. The fourth-order valence-corrected chi connectivity index (χ4v) is 2.85. The van der Waals surface area contributed by atoms with Crippen LogP contribution in [0.2, 0.25) is 0 Å². The number of nitrogens with one attached hydrogen (secondary N) is 1. The van der Waals surface area contributed by atoms with E-state index in [1.807, 2.05) is 24.3 Å². The largest absolute Gasteiger partial charge is 0.593 e. The zero-order valence-corrected chi connectivity index (χ0v) is 8.64. The zero-order chi connectivity index (χ0) is 10.1. The van der Waals surface area contributed by atoms with Gasteiger partial charge in [-0.15, -0.1) is 4.72 Å². The first-order chi connectivity index (χ1) is 6.68. The van der Waals surface area contributed by atoms with Gasteiger partial charge in [0.2, 0.25) is 0 Å². The van der Waals surface area contributed by atoms with Crippen LogP contribution in [0.3, 0.4) is 0 Å². The number of ketones is 1. The minimum atomic E-state index is -1.15. The van der Waals surface area contributed by atoms with Gasteiger partial charge in [-0.25, -0.2) is 0 Å². The fraction of sp³-hybridized carbons (Fsp3) is 0.300. The Hall–Kier alpha value is -0.840. The first-order valence-corrected chi connectivity index (χ1v) is 5.60. The predicted octanol–water partition coefficient (Wildman–Crippen LogP) is 1.33. The van der Waals surface area contributed by atoms with Gasteiger partial charge in [0.05, 0.1) is 17.4 Å². The Bertz CT molecular complexity index is 367. The summed E-state index contributed by atoms with van der Waals surface area (Å²) in [5.74, 6) is 0.108. The number of Topliss-reactive ketones (excluding diaryl/α,β-unsaturated/α-hetero) is 1. The highest BCUT2D eigenvalue weighted by Crippen LogP contribution is 2.32. The van der Waals surface area contributed by atoms with Crippen LogP contribution in [0.25, 0.3) is 0 Å². The summed E-state index contributed by atoms with van der Waals surface area (Å²) >= 11 is -1.15. The maximum Gasteiger partial charge on any atom is 0.178 e. The summed E-state index contributed by atoms with van der Waals surface area (Å²) in [6.45, 7) is 1.55. The molecular formula is C10H11NO2S. The molecule has 14 heavy (non-hydrogen) atoms.